The van der Waals surface area contributed by atoms with E-state index in [0.717, 1.165) is 15.9 Å². The van der Waals surface area contributed by atoms with Gasteiger partial charge < -0.3 is 10.3 Å². The van der Waals surface area contributed by atoms with Gasteiger partial charge in [-0.15, -0.1) is 0 Å². The Morgan fingerprint density at radius 1 is 1.50 bits per heavy atom. The molecule has 2 rings (SSSR count). The normalized spacial score (nSPS) is 12.8. The highest BCUT2D eigenvalue weighted by Crippen LogP contribution is 2.26. The van der Waals surface area contributed by atoms with Crippen LogP contribution in [0, 0.1) is 0 Å². The Hall–Kier alpha value is -0.840. The minimum atomic E-state index is -0.0649. The van der Waals surface area contributed by atoms with Crippen LogP contribution in [-0.4, -0.2) is 9.55 Å². The standard InChI is InChI=1S/C11H11BrClN3/c1-7(14)11-5-15-6-16(11)8-2-3-9(12)10(13)4-8/h2-7H,14H2,1H3/t7-/m1/s1. The first-order valence-electron chi connectivity index (χ1n) is 4.83. The van der Waals surface area contributed by atoms with E-state index >= 15 is 0 Å². The zero-order chi connectivity index (χ0) is 11.7. The Labute approximate surface area is 107 Å². The van der Waals surface area contributed by atoms with Crippen LogP contribution in [0.25, 0.3) is 5.69 Å². The van der Waals surface area contributed by atoms with Gasteiger partial charge in [0.1, 0.15) is 0 Å². The van der Waals surface area contributed by atoms with Crippen molar-refractivity contribution < 1.29 is 0 Å². The first-order chi connectivity index (χ1) is 7.59. The Morgan fingerprint density at radius 3 is 2.88 bits per heavy atom. The molecule has 3 nitrogen and oxygen atoms in total. The number of aromatic nitrogens is 2. The predicted octanol–water partition coefficient (Wildman–Crippen LogP) is 3.31. The number of halogens is 2. The van der Waals surface area contributed by atoms with E-state index in [4.69, 9.17) is 17.3 Å². The zero-order valence-electron chi connectivity index (χ0n) is 8.69. The molecular formula is C11H11BrClN3. The van der Waals surface area contributed by atoms with Crippen molar-refractivity contribution in [3.05, 3.63) is 45.9 Å². The number of hydrogen-bond donors (Lipinski definition) is 1. The van der Waals surface area contributed by atoms with Crippen molar-refractivity contribution >= 4 is 27.5 Å². The van der Waals surface area contributed by atoms with Gasteiger partial charge in [0, 0.05) is 16.2 Å². The molecule has 16 heavy (non-hydrogen) atoms. The average molecular weight is 301 g/mol. The number of nitrogens with zero attached hydrogens (tertiary/aromatic N) is 2. The van der Waals surface area contributed by atoms with E-state index in [-0.39, 0.29) is 6.04 Å². The third-order valence-electron chi connectivity index (χ3n) is 2.31. The predicted molar refractivity (Wildman–Crippen MR) is 68.9 cm³/mol. The molecule has 2 aromatic rings. The average Bonchev–Trinajstić information content (AvgIpc) is 2.71. The maximum Gasteiger partial charge on any atom is 0.0994 e. The lowest BCUT2D eigenvalue weighted by atomic mass is 10.2. The number of hydrogen-bond acceptors (Lipinski definition) is 2. The van der Waals surface area contributed by atoms with Crippen LogP contribution in [0.4, 0.5) is 0 Å². The van der Waals surface area contributed by atoms with Crippen molar-refractivity contribution in [2.75, 3.05) is 0 Å². The Morgan fingerprint density at radius 2 is 2.25 bits per heavy atom. The fourth-order valence-corrected chi connectivity index (χ4v) is 1.91. The molecule has 5 heteroatoms. The Balaban J connectivity index is 2.50. The molecule has 0 aliphatic carbocycles. The van der Waals surface area contributed by atoms with E-state index in [2.05, 4.69) is 20.9 Å². The van der Waals surface area contributed by atoms with Crippen molar-refractivity contribution in [3.63, 3.8) is 0 Å². The van der Waals surface area contributed by atoms with Crippen LogP contribution in [-0.2, 0) is 0 Å². The van der Waals surface area contributed by atoms with Crippen molar-refractivity contribution in [1.82, 2.24) is 9.55 Å². The van der Waals surface area contributed by atoms with Crippen LogP contribution in [0.15, 0.2) is 35.2 Å². The summed E-state index contributed by atoms with van der Waals surface area (Å²) >= 11 is 9.41. The van der Waals surface area contributed by atoms with Gasteiger partial charge in [-0.3, -0.25) is 0 Å². The summed E-state index contributed by atoms with van der Waals surface area (Å²) in [5.41, 5.74) is 7.77. The molecule has 0 fully saturated rings. The number of nitrogens with two attached hydrogens (primary N) is 1. The summed E-state index contributed by atoms with van der Waals surface area (Å²) in [6.07, 6.45) is 3.50. The highest BCUT2D eigenvalue weighted by atomic mass is 79.9. The molecule has 1 heterocycles. The van der Waals surface area contributed by atoms with Crippen LogP contribution >= 0.6 is 27.5 Å². The fourth-order valence-electron chi connectivity index (χ4n) is 1.49. The van der Waals surface area contributed by atoms with Gasteiger partial charge in [-0.1, -0.05) is 11.6 Å². The summed E-state index contributed by atoms with van der Waals surface area (Å²) in [4.78, 5) is 4.10. The number of benzene rings is 1. The zero-order valence-corrected chi connectivity index (χ0v) is 11.0. The van der Waals surface area contributed by atoms with Gasteiger partial charge in [0.2, 0.25) is 0 Å². The number of rotatable bonds is 2. The van der Waals surface area contributed by atoms with E-state index in [0.29, 0.717) is 5.02 Å². The van der Waals surface area contributed by atoms with E-state index in [1.807, 2.05) is 29.7 Å². The van der Waals surface area contributed by atoms with Crippen LogP contribution in [0.1, 0.15) is 18.7 Å². The quantitative estimate of drug-likeness (QED) is 0.924. The van der Waals surface area contributed by atoms with Gasteiger partial charge in [-0.25, -0.2) is 4.98 Å². The SMILES string of the molecule is C[C@@H](N)c1cncn1-c1ccc(Br)c(Cl)c1. The summed E-state index contributed by atoms with van der Waals surface area (Å²) in [5.74, 6) is 0. The summed E-state index contributed by atoms with van der Waals surface area (Å²) in [6.45, 7) is 1.92. The lowest BCUT2D eigenvalue weighted by molar-refractivity contribution is 0.752. The Kier molecular flexibility index (Phi) is 3.33. The van der Waals surface area contributed by atoms with Crippen LogP contribution in [0.5, 0.6) is 0 Å². The monoisotopic (exact) mass is 299 g/mol. The molecule has 0 unspecified atom stereocenters. The first-order valence-corrected chi connectivity index (χ1v) is 6.00. The van der Waals surface area contributed by atoms with Gasteiger partial charge in [0.25, 0.3) is 0 Å². The van der Waals surface area contributed by atoms with Crippen LogP contribution in [0.2, 0.25) is 5.02 Å². The second-order valence-electron chi connectivity index (χ2n) is 3.58. The maximum atomic E-state index is 6.05. The molecule has 0 radical (unpaired) electrons. The molecule has 0 spiro atoms. The van der Waals surface area contributed by atoms with E-state index in [1.54, 1.807) is 12.5 Å². The van der Waals surface area contributed by atoms with E-state index in [9.17, 15) is 0 Å². The van der Waals surface area contributed by atoms with Crippen LogP contribution in [0.3, 0.4) is 0 Å². The smallest absolute Gasteiger partial charge is 0.0994 e. The molecule has 84 valence electrons. The van der Waals surface area contributed by atoms with Gasteiger partial charge in [-0.05, 0) is 41.1 Å². The van der Waals surface area contributed by atoms with Crippen molar-refractivity contribution in [3.8, 4) is 5.69 Å². The second-order valence-corrected chi connectivity index (χ2v) is 4.84. The number of imidazole rings is 1. The third kappa shape index (κ3) is 2.14. The molecule has 1 atom stereocenters. The van der Waals surface area contributed by atoms with Gasteiger partial charge in [-0.2, -0.15) is 0 Å². The first kappa shape index (κ1) is 11.6. The molecule has 2 N–H and O–H groups in total. The minimum Gasteiger partial charge on any atom is -0.323 e. The highest BCUT2D eigenvalue weighted by Gasteiger charge is 2.09. The minimum absolute atomic E-state index is 0.0649. The van der Waals surface area contributed by atoms with Crippen LogP contribution < -0.4 is 5.73 Å². The molecule has 0 amide bonds. The van der Waals surface area contributed by atoms with Gasteiger partial charge in [0.05, 0.1) is 23.2 Å². The maximum absolute atomic E-state index is 6.05. The largest absolute Gasteiger partial charge is 0.323 e. The molecule has 0 saturated heterocycles. The third-order valence-corrected chi connectivity index (χ3v) is 3.55. The molecule has 0 aliphatic rings. The molecule has 0 bridgehead atoms. The Bertz CT molecular complexity index is 508. The highest BCUT2D eigenvalue weighted by molar-refractivity contribution is 9.10. The summed E-state index contributed by atoms with van der Waals surface area (Å²) in [6, 6.07) is 5.68. The molecule has 1 aromatic carbocycles. The molecule has 0 aliphatic heterocycles. The molecule has 1 aromatic heterocycles. The van der Waals surface area contributed by atoms with Gasteiger partial charge in [0.15, 0.2) is 0 Å². The topological polar surface area (TPSA) is 43.8 Å². The molecule has 0 saturated carbocycles. The van der Waals surface area contributed by atoms with Crippen molar-refractivity contribution in [2.45, 2.75) is 13.0 Å². The lowest BCUT2D eigenvalue weighted by Gasteiger charge is -2.11. The molecular weight excluding hydrogens is 289 g/mol. The fraction of sp³-hybridized carbons (Fsp3) is 0.182. The van der Waals surface area contributed by atoms with E-state index in [1.165, 1.54) is 0 Å². The summed E-state index contributed by atoms with van der Waals surface area (Å²) in [5, 5.41) is 0.668. The van der Waals surface area contributed by atoms with Gasteiger partial charge >= 0.3 is 0 Å². The second kappa shape index (κ2) is 4.57. The van der Waals surface area contributed by atoms with Crippen molar-refractivity contribution in [1.29, 1.82) is 0 Å². The summed E-state index contributed by atoms with van der Waals surface area (Å²) < 4.78 is 2.81. The lowest BCUT2D eigenvalue weighted by Crippen LogP contribution is -2.10. The summed E-state index contributed by atoms with van der Waals surface area (Å²) in [7, 11) is 0. The van der Waals surface area contributed by atoms with Crippen molar-refractivity contribution in [2.24, 2.45) is 5.73 Å². The van der Waals surface area contributed by atoms with E-state index < -0.39 is 0 Å².